The molecule has 25 heavy (non-hydrogen) atoms. The number of carbonyl (C=O) groups is 1. The Balaban J connectivity index is 1.96. The van der Waals surface area contributed by atoms with Gasteiger partial charge in [-0.05, 0) is 53.5 Å². The van der Waals surface area contributed by atoms with Crippen molar-refractivity contribution in [1.29, 1.82) is 0 Å². The molecule has 0 aliphatic carbocycles. The standard InChI is InChI=1S/C18H28N4O2S/c1-11-7-6-8-22(11)15-9-13-14(10-19-17(13)23)16(20-15)12(2)21-25(24)18(3,4)5/h9,11-12,21H,6-8,10H2,1-5H3,(H,19,23)/t11-,12-,25+/m1/s1. The van der Waals surface area contributed by atoms with Crippen molar-refractivity contribution in [2.24, 2.45) is 0 Å². The van der Waals surface area contributed by atoms with Crippen molar-refractivity contribution in [2.75, 3.05) is 11.4 Å². The number of pyridine rings is 1. The molecule has 0 spiro atoms. The van der Waals surface area contributed by atoms with Crippen molar-refractivity contribution < 1.29 is 9.35 Å². The number of amides is 1. The first-order chi connectivity index (χ1) is 11.7. The van der Waals surface area contributed by atoms with Crippen LogP contribution >= 0.6 is 0 Å². The van der Waals surface area contributed by atoms with Gasteiger partial charge in [0.15, 0.2) is 0 Å². The number of nitrogens with zero attached hydrogens (tertiary/aromatic N) is 2. The summed E-state index contributed by atoms with van der Waals surface area (Å²) < 4.78 is 15.3. The van der Waals surface area contributed by atoms with Crippen molar-refractivity contribution in [3.63, 3.8) is 0 Å². The fraction of sp³-hybridized carbons (Fsp3) is 0.667. The second kappa shape index (κ2) is 6.78. The summed E-state index contributed by atoms with van der Waals surface area (Å²) >= 11 is -1.20. The number of nitrogens with one attached hydrogen (secondary N) is 2. The van der Waals surface area contributed by atoms with Crippen LogP contribution in [0, 0.1) is 0 Å². The fourth-order valence-electron chi connectivity index (χ4n) is 3.40. The van der Waals surface area contributed by atoms with E-state index in [1.165, 1.54) is 0 Å². The molecule has 1 amide bonds. The zero-order valence-corrected chi connectivity index (χ0v) is 16.5. The summed E-state index contributed by atoms with van der Waals surface area (Å²) in [6.07, 6.45) is 2.28. The Morgan fingerprint density at radius 1 is 1.48 bits per heavy atom. The molecular formula is C18H28N4O2S. The number of hydrogen-bond acceptors (Lipinski definition) is 5. The minimum atomic E-state index is -1.20. The van der Waals surface area contributed by atoms with Crippen molar-refractivity contribution in [1.82, 2.24) is 15.0 Å². The smallest absolute Gasteiger partial charge is 0.252 e. The van der Waals surface area contributed by atoms with E-state index in [0.717, 1.165) is 36.5 Å². The maximum atomic E-state index is 12.5. The maximum absolute atomic E-state index is 12.5. The largest absolute Gasteiger partial charge is 0.598 e. The van der Waals surface area contributed by atoms with Crippen LogP contribution in [0.1, 0.15) is 75.1 Å². The number of fused-ring (bicyclic) bond motifs is 1. The molecule has 3 heterocycles. The van der Waals surface area contributed by atoms with Crippen molar-refractivity contribution in [3.05, 3.63) is 22.9 Å². The quantitative estimate of drug-likeness (QED) is 0.802. The van der Waals surface area contributed by atoms with E-state index >= 15 is 0 Å². The van der Waals surface area contributed by atoms with Gasteiger partial charge in [0.05, 0.1) is 11.7 Å². The molecule has 7 heteroatoms. The van der Waals surface area contributed by atoms with E-state index in [4.69, 9.17) is 4.98 Å². The Bertz CT molecular complexity index is 674. The van der Waals surface area contributed by atoms with Crippen molar-refractivity contribution >= 4 is 23.1 Å². The van der Waals surface area contributed by atoms with Gasteiger partial charge < -0.3 is 14.8 Å². The molecule has 1 fully saturated rings. The van der Waals surface area contributed by atoms with Gasteiger partial charge >= 0.3 is 0 Å². The number of aromatic nitrogens is 1. The Kier molecular flexibility index (Phi) is 5.01. The zero-order chi connectivity index (χ0) is 18.4. The predicted molar refractivity (Wildman–Crippen MR) is 101 cm³/mol. The van der Waals surface area contributed by atoms with E-state index in [2.05, 4.69) is 21.9 Å². The second-order valence-electron chi connectivity index (χ2n) is 7.98. The molecule has 2 aliphatic heterocycles. The topological polar surface area (TPSA) is 80.3 Å². The maximum Gasteiger partial charge on any atom is 0.252 e. The molecule has 2 aliphatic rings. The normalized spacial score (nSPS) is 22.7. The van der Waals surface area contributed by atoms with E-state index in [0.29, 0.717) is 18.2 Å². The van der Waals surface area contributed by atoms with Crippen LogP contribution < -0.4 is 14.9 Å². The summed E-state index contributed by atoms with van der Waals surface area (Å²) in [6, 6.07) is 2.14. The fourth-order valence-corrected chi connectivity index (χ4v) is 4.19. The summed E-state index contributed by atoms with van der Waals surface area (Å²) in [5, 5.41) is 2.89. The molecule has 0 radical (unpaired) electrons. The lowest BCUT2D eigenvalue weighted by molar-refractivity contribution is 0.0965. The van der Waals surface area contributed by atoms with Gasteiger partial charge in [-0.1, -0.05) is 0 Å². The third kappa shape index (κ3) is 3.64. The third-order valence-corrected chi connectivity index (χ3v) is 6.59. The number of rotatable bonds is 4. The molecule has 0 unspecified atom stereocenters. The molecule has 2 N–H and O–H groups in total. The first-order valence-corrected chi connectivity index (χ1v) is 10.1. The lowest BCUT2D eigenvalue weighted by Gasteiger charge is -2.28. The highest BCUT2D eigenvalue weighted by atomic mass is 32.2. The van der Waals surface area contributed by atoms with E-state index in [-0.39, 0.29) is 16.7 Å². The van der Waals surface area contributed by atoms with E-state index in [1.807, 2.05) is 33.8 Å². The lowest BCUT2D eigenvalue weighted by atomic mass is 10.0. The van der Waals surface area contributed by atoms with Gasteiger partial charge in [-0.15, -0.1) is 4.72 Å². The van der Waals surface area contributed by atoms with Crippen molar-refractivity contribution in [2.45, 2.75) is 70.8 Å². The monoisotopic (exact) mass is 364 g/mol. The Morgan fingerprint density at radius 2 is 2.20 bits per heavy atom. The highest BCUT2D eigenvalue weighted by Crippen LogP contribution is 2.31. The SMILES string of the molecule is C[C@@H]1CCCN1c1cc2c(c([C@@H](C)N[S@@+]([O-])C(C)(C)C)n1)CNC2=O. The highest BCUT2D eigenvalue weighted by Gasteiger charge is 2.33. The summed E-state index contributed by atoms with van der Waals surface area (Å²) in [4.78, 5) is 19.4. The average molecular weight is 365 g/mol. The van der Waals surface area contributed by atoms with Gasteiger partial charge in [-0.2, -0.15) is 0 Å². The van der Waals surface area contributed by atoms with Gasteiger partial charge in [0.1, 0.15) is 10.6 Å². The summed E-state index contributed by atoms with van der Waals surface area (Å²) in [5.74, 6) is 0.807. The molecular weight excluding hydrogens is 336 g/mol. The molecule has 0 saturated carbocycles. The molecule has 138 valence electrons. The molecule has 1 saturated heterocycles. The molecule has 1 aromatic heterocycles. The van der Waals surface area contributed by atoms with E-state index < -0.39 is 11.4 Å². The van der Waals surface area contributed by atoms with Crippen LogP contribution in [0.25, 0.3) is 0 Å². The summed E-state index contributed by atoms with van der Waals surface area (Å²) in [6.45, 7) is 11.4. The van der Waals surface area contributed by atoms with Crippen LogP contribution in [-0.2, 0) is 17.9 Å². The number of hydrogen-bond donors (Lipinski definition) is 2. The first-order valence-electron chi connectivity index (χ1n) is 8.95. The average Bonchev–Trinajstić information content (AvgIpc) is 3.12. The van der Waals surface area contributed by atoms with Crippen molar-refractivity contribution in [3.8, 4) is 0 Å². The van der Waals surface area contributed by atoms with Gasteiger partial charge in [0.25, 0.3) is 5.91 Å². The summed E-state index contributed by atoms with van der Waals surface area (Å²) in [5.41, 5.74) is 2.45. The molecule has 0 aromatic carbocycles. The number of carbonyl (C=O) groups excluding carboxylic acids is 1. The Hall–Kier alpha value is -1.31. The Morgan fingerprint density at radius 3 is 2.80 bits per heavy atom. The van der Waals surface area contributed by atoms with Crippen LogP contribution in [0.15, 0.2) is 6.07 Å². The van der Waals surface area contributed by atoms with Crippen LogP contribution in [0.3, 0.4) is 0 Å². The van der Waals surface area contributed by atoms with E-state index in [9.17, 15) is 9.35 Å². The van der Waals surface area contributed by atoms with Crippen LogP contribution in [-0.4, -0.2) is 32.8 Å². The summed E-state index contributed by atoms with van der Waals surface area (Å²) in [7, 11) is 0. The van der Waals surface area contributed by atoms with Gasteiger partial charge in [0, 0.05) is 41.6 Å². The van der Waals surface area contributed by atoms with E-state index in [1.54, 1.807) is 0 Å². The van der Waals surface area contributed by atoms with Crippen LogP contribution in [0.5, 0.6) is 0 Å². The highest BCUT2D eigenvalue weighted by molar-refractivity contribution is 7.90. The third-order valence-electron chi connectivity index (χ3n) is 4.91. The minimum absolute atomic E-state index is 0.0455. The zero-order valence-electron chi connectivity index (χ0n) is 15.7. The second-order valence-corrected chi connectivity index (χ2v) is 9.98. The molecule has 0 bridgehead atoms. The minimum Gasteiger partial charge on any atom is -0.598 e. The van der Waals surface area contributed by atoms with Gasteiger partial charge in [0.2, 0.25) is 0 Å². The lowest BCUT2D eigenvalue weighted by Crippen LogP contribution is -2.41. The van der Waals surface area contributed by atoms with Gasteiger partial charge in [-0.3, -0.25) is 4.79 Å². The van der Waals surface area contributed by atoms with Crippen LogP contribution in [0.2, 0.25) is 0 Å². The molecule has 1 aromatic rings. The Labute approximate surface area is 153 Å². The molecule has 3 rings (SSSR count). The predicted octanol–water partition coefficient (Wildman–Crippen LogP) is 2.43. The first kappa shape index (κ1) is 18.5. The van der Waals surface area contributed by atoms with Crippen LogP contribution in [0.4, 0.5) is 5.82 Å². The molecule has 6 nitrogen and oxygen atoms in total. The molecule has 3 atom stereocenters. The van der Waals surface area contributed by atoms with Gasteiger partial charge in [-0.25, -0.2) is 4.98 Å². The number of anilines is 1.